The van der Waals surface area contributed by atoms with Crippen LogP contribution in [0.25, 0.3) is 0 Å². The first-order valence-corrected chi connectivity index (χ1v) is 12.3. The van der Waals surface area contributed by atoms with Crippen molar-refractivity contribution in [3.8, 4) is 12.3 Å². The third-order valence-corrected chi connectivity index (χ3v) is 8.91. The van der Waals surface area contributed by atoms with E-state index in [0.717, 1.165) is 28.4 Å². The quantitative estimate of drug-likeness (QED) is 0.223. The number of hydrogen-bond acceptors (Lipinski definition) is 12. The van der Waals surface area contributed by atoms with Gasteiger partial charge >= 0.3 is 23.5 Å². The second kappa shape index (κ2) is 11.4. The molecule has 0 saturated carbocycles. The maximum absolute atomic E-state index is 12.7. The second-order valence-corrected chi connectivity index (χ2v) is 11.0. The summed E-state index contributed by atoms with van der Waals surface area (Å²) < 4.78 is 81.2. The van der Waals surface area contributed by atoms with Crippen LogP contribution in [0.15, 0.2) is 0 Å². The van der Waals surface area contributed by atoms with Gasteiger partial charge in [-0.3, -0.25) is 22.6 Å². The number of phosphoric ester groups is 2. The van der Waals surface area contributed by atoms with Gasteiger partial charge < -0.3 is 9.47 Å². The van der Waals surface area contributed by atoms with Crippen LogP contribution in [0.5, 0.6) is 0 Å². The normalized spacial score (nSPS) is 27.0. The van der Waals surface area contributed by atoms with Crippen molar-refractivity contribution in [1.82, 2.24) is 0 Å². The summed E-state index contributed by atoms with van der Waals surface area (Å²) in [4.78, 5) is 0. The molecule has 0 aliphatic carbocycles. The summed E-state index contributed by atoms with van der Waals surface area (Å²) in [6, 6.07) is -0.151. The highest BCUT2D eigenvalue weighted by molar-refractivity contribution is 7.67. The fourth-order valence-electron chi connectivity index (χ4n) is 2.14. The van der Waals surface area contributed by atoms with E-state index in [1.165, 1.54) is 0 Å². The summed E-state index contributed by atoms with van der Waals surface area (Å²) in [6.45, 7) is -0.244. The Labute approximate surface area is 165 Å². The van der Waals surface area contributed by atoms with E-state index in [-0.39, 0.29) is 19.2 Å². The molecule has 0 bridgehead atoms. The predicted molar refractivity (Wildman–Crippen MR) is 99.4 cm³/mol. The Balaban J connectivity index is 2.83. The molecular weight excluding hydrogens is 440 g/mol. The molecule has 1 saturated heterocycles. The lowest BCUT2D eigenvalue weighted by Gasteiger charge is -2.24. The minimum Gasteiger partial charge on any atom is -0.379 e. The maximum Gasteiger partial charge on any atom is 0.492 e. The van der Waals surface area contributed by atoms with Gasteiger partial charge in [0.25, 0.3) is 0 Å². The fraction of sp³-hybridized carbons (Fsp3) is 0.833. The lowest BCUT2D eigenvalue weighted by atomic mass is 9.96. The van der Waals surface area contributed by atoms with Gasteiger partial charge in [0.05, 0.1) is 12.7 Å². The maximum atomic E-state index is 12.7. The molecule has 5 unspecified atom stereocenters. The first kappa shape index (κ1) is 26.0. The lowest BCUT2D eigenvalue weighted by Crippen LogP contribution is -2.29. The molecule has 1 heterocycles. The third kappa shape index (κ3) is 7.65. The van der Waals surface area contributed by atoms with Crippen LogP contribution in [0, 0.1) is 12.3 Å². The molecule has 0 spiro atoms. The van der Waals surface area contributed by atoms with E-state index in [1.54, 1.807) is 0 Å². The molecule has 5 atom stereocenters. The van der Waals surface area contributed by atoms with Gasteiger partial charge in [0.1, 0.15) is 20.6 Å². The Kier molecular flexibility index (Phi) is 10.6. The smallest absolute Gasteiger partial charge is 0.379 e. The highest BCUT2D eigenvalue weighted by Crippen LogP contribution is 2.72. The van der Waals surface area contributed by atoms with Crippen LogP contribution >= 0.6 is 23.5 Å². The van der Waals surface area contributed by atoms with Crippen LogP contribution in [0.3, 0.4) is 0 Å². The van der Waals surface area contributed by atoms with Gasteiger partial charge in [-0.25, -0.2) is 13.7 Å². The van der Waals surface area contributed by atoms with Gasteiger partial charge in [-0.2, -0.15) is 8.62 Å². The average Bonchev–Trinajstić information content (AvgIpc) is 3.04. The minimum absolute atomic E-state index is 0.0612. The van der Waals surface area contributed by atoms with Gasteiger partial charge in [-0.15, -0.1) is 6.42 Å². The van der Waals surface area contributed by atoms with Crippen LogP contribution < -0.4 is 0 Å². The van der Waals surface area contributed by atoms with Crippen molar-refractivity contribution >= 4 is 31.3 Å². The van der Waals surface area contributed by atoms with Crippen molar-refractivity contribution < 1.29 is 54.4 Å². The minimum atomic E-state index is -4.72. The average molecular weight is 464 g/mol. The zero-order chi connectivity index (χ0) is 21.4. The molecule has 12 nitrogen and oxygen atoms in total. The summed E-state index contributed by atoms with van der Waals surface area (Å²) in [6.07, 6.45) is 4.67. The molecular formula is C12H24BO12P3. The number of ether oxygens (including phenoxy) is 2. The Hall–Kier alpha value is -0.0451. The van der Waals surface area contributed by atoms with Crippen LogP contribution in [0.1, 0.15) is 6.42 Å². The molecule has 0 N–H and O–H groups in total. The van der Waals surface area contributed by atoms with Crippen molar-refractivity contribution in [1.29, 1.82) is 0 Å². The molecule has 28 heavy (non-hydrogen) atoms. The summed E-state index contributed by atoms with van der Waals surface area (Å²) in [5, 5.41) is 0. The van der Waals surface area contributed by atoms with Crippen LogP contribution in [-0.2, 0) is 54.4 Å². The molecule has 0 radical (unpaired) electrons. The number of hydrogen-bond donors (Lipinski definition) is 0. The third-order valence-electron chi connectivity index (χ3n) is 3.46. The van der Waals surface area contributed by atoms with Crippen LogP contribution in [0.2, 0.25) is 0 Å². The van der Waals surface area contributed by atoms with Gasteiger partial charge in [0.15, 0.2) is 0 Å². The molecule has 1 aliphatic heterocycles. The standard InChI is InChI=1S/C12H24BO12P3/c1-6-7-21-10-8-12(13)23-11(10)9-22-27(15,19-4)25-28(16,20-5)24-26(14,17-2)18-3/h1,10-12H,7-9,13H2,2-5H3. The molecule has 162 valence electrons. The van der Waals surface area contributed by atoms with E-state index in [0.29, 0.717) is 6.42 Å². The van der Waals surface area contributed by atoms with Crippen LogP contribution in [0.4, 0.5) is 0 Å². The topological polar surface area (TPSA) is 134 Å². The Morgan fingerprint density at radius 3 is 2.04 bits per heavy atom. The molecule has 1 aliphatic rings. The SMILES string of the molecule is BC1CC(OCC#C)C(COP(=O)(OC)OP(=O)(OC)OP(=O)(OC)OC)O1. The largest absolute Gasteiger partial charge is 0.492 e. The van der Waals surface area contributed by atoms with Gasteiger partial charge in [-0.1, -0.05) is 5.92 Å². The second-order valence-electron chi connectivity index (χ2n) is 5.31. The highest BCUT2D eigenvalue weighted by atomic mass is 31.3. The van der Waals surface area contributed by atoms with Gasteiger partial charge in [-0.05, 0) is 6.42 Å². The van der Waals surface area contributed by atoms with E-state index in [9.17, 15) is 13.7 Å². The first-order chi connectivity index (χ1) is 13.1. The van der Waals surface area contributed by atoms with Crippen molar-refractivity contribution in [2.45, 2.75) is 24.6 Å². The number of rotatable bonds is 13. The van der Waals surface area contributed by atoms with E-state index in [4.69, 9.17) is 29.3 Å². The molecule has 0 aromatic rings. The monoisotopic (exact) mass is 464 g/mol. The molecule has 16 heteroatoms. The zero-order valence-corrected chi connectivity index (χ0v) is 18.9. The Morgan fingerprint density at radius 1 is 1.00 bits per heavy atom. The molecule has 1 fully saturated rings. The predicted octanol–water partition coefficient (Wildman–Crippen LogP) is 1.71. The van der Waals surface area contributed by atoms with Crippen molar-refractivity contribution in [3.05, 3.63) is 0 Å². The van der Waals surface area contributed by atoms with E-state index in [2.05, 4.69) is 23.8 Å². The molecule has 0 aromatic carbocycles. The molecule has 0 amide bonds. The summed E-state index contributed by atoms with van der Waals surface area (Å²) >= 11 is 0. The van der Waals surface area contributed by atoms with Gasteiger partial charge in [0.2, 0.25) is 0 Å². The number of terminal acetylenes is 1. The molecule has 1 rings (SSSR count). The van der Waals surface area contributed by atoms with Crippen molar-refractivity contribution in [3.63, 3.8) is 0 Å². The Bertz CT molecular complexity index is 673. The van der Waals surface area contributed by atoms with E-state index < -0.39 is 35.7 Å². The van der Waals surface area contributed by atoms with Crippen LogP contribution in [-0.4, -0.2) is 67.7 Å². The van der Waals surface area contributed by atoms with E-state index in [1.807, 2.05) is 7.85 Å². The number of phosphoric acid groups is 3. The van der Waals surface area contributed by atoms with Gasteiger partial charge in [0, 0.05) is 34.4 Å². The summed E-state index contributed by atoms with van der Waals surface area (Å²) in [7, 11) is -7.85. The zero-order valence-electron chi connectivity index (χ0n) is 16.2. The van der Waals surface area contributed by atoms with Crippen molar-refractivity contribution in [2.24, 2.45) is 0 Å². The lowest BCUT2D eigenvalue weighted by molar-refractivity contribution is -0.0288. The highest BCUT2D eigenvalue weighted by Gasteiger charge is 2.46. The summed E-state index contributed by atoms with van der Waals surface area (Å²) in [5.74, 6) is 2.34. The fourth-order valence-corrected chi connectivity index (χ4v) is 6.59. The molecule has 0 aromatic heterocycles. The summed E-state index contributed by atoms with van der Waals surface area (Å²) in [5.41, 5.74) is 0. The van der Waals surface area contributed by atoms with Crippen molar-refractivity contribution in [2.75, 3.05) is 41.7 Å². The van der Waals surface area contributed by atoms with E-state index >= 15 is 0 Å². The first-order valence-electron chi connectivity index (χ1n) is 7.89. The Morgan fingerprint density at radius 2 is 1.54 bits per heavy atom.